The van der Waals surface area contributed by atoms with E-state index in [9.17, 15) is 10.2 Å². The number of aromatic hydroxyl groups is 2. The predicted molar refractivity (Wildman–Crippen MR) is 152 cm³/mol. The molecular weight excluding hydrogens is 492 g/mol. The summed E-state index contributed by atoms with van der Waals surface area (Å²) in [6.07, 6.45) is 1.71. The summed E-state index contributed by atoms with van der Waals surface area (Å²) in [5.74, 6) is 0.453. The summed E-state index contributed by atoms with van der Waals surface area (Å²) in [5.41, 5.74) is 5.01. The first-order valence-electron chi connectivity index (χ1n) is 11.5. The molecule has 0 radical (unpaired) electrons. The van der Waals surface area contributed by atoms with E-state index in [1.807, 2.05) is 97.1 Å². The van der Waals surface area contributed by atoms with Gasteiger partial charge in [-0.3, -0.25) is 9.98 Å². The molecular formula is C32H34N2O2Ti. The van der Waals surface area contributed by atoms with Crippen LogP contribution in [0.5, 0.6) is 11.5 Å². The minimum atomic E-state index is 0. The van der Waals surface area contributed by atoms with Gasteiger partial charge in [-0.1, -0.05) is 84.9 Å². The van der Waals surface area contributed by atoms with Crippen molar-refractivity contribution < 1.29 is 31.9 Å². The number of rotatable bonds is 9. The maximum Gasteiger partial charge on any atom is 2.00 e. The Morgan fingerprint density at radius 3 is 1.16 bits per heavy atom. The van der Waals surface area contributed by atoms with Crippen molar-refractivity contribution in [2.75, 3.05) is 13.1 Å². The van der Waals surface area contributed by atoms with Crippen LogP contribution in [0.1, 0.15) is 35.1 Å². The average Bonchev–Trinajstić information content (AvgIpc) is 2.88. The van der Waals surface area contributed by atoms with Gasteiger partial charge >= 0.3 is 21.7 Å². The first kappa shape index (κ1) is 31.6. The van der Waals surface area contributed by atoms with Crippen molar-refractivity contribution in [3.05, 3.63) is 146 Å². The van der Waals surface area contributed by atoms with Gasteiger partial charge < -0.3 is 25.1 Å². The van der Waals surface area contributed by atoms with Crippen LogP contribution in [0, 0.1) is 14.9 Å². The molecule has 4 aromatic rings. The van der Waals surface area contributed by atoms with Gasteiger partial charge in [0, 0.05) is 35.3 Å². The molecule has 0 aliphatic carbocycles. The molecule has 0 atom stereocenters. The molecule has 2 N–H and O–H groups in total. The van der Waals surface area contributed by atoms with Crippen LogP contribution in [-0.2, 0) is 21.7 Å². The number of aliphatic imine (C=N–C) groups is 2. The molecule has 0 amide bonds. The van der Waals surface area contributed by atoms with Crippen LogP contribution in [0.25, 0.3) is 0 Å². The number of phenolic OH excluding ortho intramolecular Hbond substituents is 2. The summed E-state index contributed by atoms with van der Waals surface area (Å²) >= 11 is 0. The first-order valence-corrected chi connectivity index (χ1v) is 11.5. The van der Waals surface area contributed by atoms with Crippen molar-refractivity contribution in [2.45, 2.75) is 12.8 Å². The van der Waals surface area contributed by atoms with Gasteiger partial charge in [0.15, 0.2) is 0 Å². The van der Waals surface area contributed by atoms with Gasteiger partial charge in [-0.25, -0.2) is 0 Å². The monoisotopic (exact) mass is 526 g/mol. The van der Waals surface area contributed by atoms with Crippen molar-refractivity contribution in [3.63, 3.8) is 0 Å². The van der Waals surface area contributed by atoms with Crippen molar-refractivity contribution in [3.8, 4) is 11.5 Å². The van der Waals surface area contributed by atoms with Crippen molar-refractivity contribution in [1.82, 2.24) is 0 Å². The second kappa shape index (κ2) is 16.3. The molecule has 0 saturated carbocycles. The molecule has 4 aromatic carbocycles. The number of para-hydroxylation sites is 2. The fourth-order valence-corrected chi connectivity index (χ4v) is 3.81. The van der Waals surface area contributed by atoms with E-state index in [1.165, 1.54) is 0 Å². The van der Waals surface area contributed by atoms with E-state index >= 15 is 0 Å². The molecule has 0 aliphatic rings. The smallest absolute Gasteiger partial charge is 0.507 e. The zero-order valence-corrected chi connectivity index (χ0v) is 23.1. The molecule has 0 spiro atoms. The van der Waals surface area contributed by atoms with Gasteiger partial charge in [-0.15, -0.1) is 0 Å². The molecule has 37 heavy (non-hydrogen) atoms. The van der Waals surface area contributed by atoms with E-state index in [-0.39, 0.29) is 48.1 Å². The average molecular weight is 527 g/mol. The Hall–Kier alpha value is -3.47. The van der Waals surface area contributed by atoms with Crippen LogP contribution in [0.3, 0.4) is 0 Å². The number of benzene rings is 4. The third kappa shape index (κ3) is 8.56. The Morgan fingerprint density at radius 1 is 0.486 bits per heavy atom. The van der Waals surface area contributed by atoms with Crippen LogP contribution in [0.2, 0.25) is 0 Å². The number of nitrogens with zero attached hydrogens (tertiary/aromatic N) is 2. The molecule has 4 rings (SSSR count). The zero-order chi connectivity index (χ0) is 23.6. The Labute approximate surface area is 236 Å². The second-order valence-electron chi connectivity index (χ2n) is 7.93. The molecule has 188 valence electrons. The molecule has 0 bridgehead atoms. The van der Waals surface area contributed by atoms with E-state index in [0.29, 0.717) is 13.1 Å². The normalized spacial score (nSPS) is 11.0. The van der Waals surface area contributed by atoms with Crippen LogP contribution in [-0.4, -0.2) is 34.7 Å². The fraction of sp³-hybridized carbons (Fsp3) is 0.125. The Morgan fingerprint density at radius 2 is 0.811 bits per heavy atom. The van der Waals surface area contributed by atoms with E-state index in [0.717, 1.165) is 46.5 Å². The maximum absolute atomic E-state index is 10.4. The summed E-state index contributed by atoms with van der Waals surface area (Å²) in [4.78, 5) is 9.68. The minimum absolute atomic E-state index is 0. The minimum Gasteiger partial charge on any atom is -0.507 e. The third-order valence-electron chi connectivity index (χ3n) is 5.52. The SMILES string of the molecule is Oc1ccccc1C(=NCCCCN=C(c1ccccc1)c1ccccc1O)c1ccccc1.[CH3-].[CH3-].[Ti+2]. The molecule has 4 nitrogen and oxygen atoms in total. The van der Waals surface area contributed by atoms with Crippen molar-refractivity contribution in [2.24, 2.45) is 9.98 Å². The van der Waals surface area contributed by atoms with E-state index < -0.39 is 0 Å². The van der Waals surface area contributed by atoms with Gasteiger partial charge in [0.2, 0.25) is 0 Å². The van der Waals surface area contributed by atoms with Crippen LogP contribution >= 0.6 is 0 Å². The quantitative estimate of drug-likeness (QED) is 0.105. The van der Waals surface area contributed by atoms with Gasteiger partial charge in [0.05, 0.1) is 11.4 Å². The van der Waals surface area contributed by atoms with E-state index in [1.54, 1.807) is 12.1 Å². The summed E-state index contributed by atoms with van der Waals surface area (Å²) in [7, 11) is 0. The predicted octanol–water partition coefficient (Wildman–Crippen LogP) is 7.15. The molecule has 0 heterocycles. The van der Waals surface area contributed by atoms with Gasteiger partial charge in [0.1, 0.15) is 11.5 Å². The van der Waals surface area contributed by atoms with Crippen molar-refractivity contribution in [1.29, 1.82) is 0 Å². The van der Waals surface area contributed by atoms with Crippen LogP contribution in [0.15, 0.2) is 119 Å². The summed E-state index contributed by atoms with van der Waals surface area (Å²) in [6.45, 7) is 1.26. The van der Waals surface area contributed by atoms with Crippen molar-refractivity contribution >= 4 is 11.4 Å². The number of unbranched alkanes of at least 4 members (excludes halogenated alkanes) is 1. The fourth-order valence-electron chi connectivity index (χ4n) is 3.81. The van der Waals surface area contributed by atoms with Crippen LogP contribution < -0.4 is 0 Å². The molecule has 0 aromatic heterocycles. The molecule has 0 unspecified atom stereocenters. The van der Waals surface area contributed by atoms with Crippen LogP contribution in [0.4, 0.5) is 0 Å². The maximum atomic E-state index is 10.4. The third-order valence-corrected chi connectivity index (χ3v) is 5.52. The van der Waals surface area contributed by atoms with Gasteiger partial charge in [-0.2, -0.15) is 0 Å². The molecule has 0 aliphatic heterocycles. The summed E-state index contributed by atoms with van der Waals surface area (Å²) < 4.78 is 0. The summed E-state index contributed by atoms with van der Waals surface area (Å²) in [5, 5.41) is 20.7. The number of hydrogen-bond acceptors (Lipinski definition) is 4. The van der Waals surface area contributed by atoms with Gasteiger partial charge in [-0.05, 0) is 37.1 Å². The van der Waals surface area contributed by atoms with E-state index in [2.05, 4.69) is 0 Å². The second-order valence-corrected chi connectivity index (χ2v) is 7.93. The molecule has 0 fully saturated rings. The Bertz CT molecular complexity index is 1170. The first-order chi connectivity index (χ1) is 16.7. The standard InChI is InChI=1S/C30H28N2O2.2CH3.Ti/c33-27-19-9-7-17-25(27)29(23-13-3-1-4-14-23)31-21-11-12-22-32-30(24-15-5-2-6-16-24)26-18-8-10-20-28(26)34;;;/h1-10,13-20,33-34H,11-12,21-22H2;2*1H3;/q;2*-1;+2. The molecule has 0 saturated heterocycles. The Balaban J connectivity index is 0.00000228. The Kier molecular flexibility index (Phi) is 13.9. The largest absolute Gasteiger partial charge is 2.00 e. The topological polar surface area (TPSA) is 65.2 Å². The zero-order valence-electron chi connectivity index (χ0n) is 21.5. The summed E-state index contributed by atoms with van der Waals surface area (Å²) in [6, 6.07) is 34.5. The van der Waals surface area contributed by atoms with E-state index in [4.69, 9.17) is 9.98 Å². The number of hydrogen-bond donors (Lipinski definition) is 2. The molecule has 5 heteroatoms. The van der Waals surface area contributed by atoms with Gasteiger partial charge in [0.25, 0.3) is 0 Å². The number of phenols is 2.